The third-order valence-corrected chi connectivity index (χ3v) is 2.53. The molecule has 0 atom stereocenters. The molecule has 0 bridgehead atoms. The molecule has 0 fully saturated rings. The summed E-state index contributed by atoms with van der Waals surface area (Å²) in [7, 11) is -3.46. The molecule has 1 rings (SSSR count). The van der Waals surface area contributed by atoms with Gasteiger partial charge < -0.3 is 10.4 Å². The number of carbonyl (C=O) groups is 1. The Morgan fingerprint density at radius 3 is 2.44 bits per heavy atom. The number of rotatable bonds is 4. The van der Waals surface area contributed by atoms with Crippen LogP contribution in [0.15, 0.2) is 30.4 Å². The SMILES string of the molecule is C=C(C)C(=O)Nc1ccc(NS(C)(=O)=O)c(O)c1. The van der Waals surface area contributed by atoms with Crippen LogP contribution >= 0.6 is 0 Å². The average Bonchev–Trinajstić information content (AvgIpc) is 2.20. The van der Waals surface area contributed by atoms with Crippen molar-refractivity contribution in [3.63, 3.8) is 0 Å². The quantitative estimate of drug-likeness (QED) is 0.567. The van der Waals surface area contributed by atoms with E-state index >= 15 is 0 Å². The van der Waals surface area contributed by atoms with Crippen LogP contribution in [0.25, 0.3) is 0 Å². The maximum atomic E-state index is 11.3. The Morgan fingerprint density at radius 1 is 1.39 bits per heavy atom. The largest absolute Gasteiger partial charge is 0.506 e. The van der Waals surface area contributed by atoms with Gasteiger partial charge in [0.05, 0.1) is 11.9 Å². The van der Waals surface area contributed by atoms with Crippen LogP contribution in [0.4, 0.5) is 11.4 Å². The predicted molar refractivity (Wildman–Crippen MR) is 70.0 cm³/mol. The summed E-state index contributed by atoms with van der Waals surface area (Å²) in [5, 5.41) is 12.1. The van der Waals surface area contributed by atoms with Crippen molar-refractivity contribution in [2.45, 2.75) is 6.92 Å². The first-order valence-electron chi connectivity index (χ1n) is 4.97. The molecule has 0 aliphatic carbocycles. The van der Waals surface area contributed by atoms with E-state index in [1.807, 2.05) is 0 Å². The first-order valence-corrected chi connectivity index (χ1v) is 6.86. The Hall–Kier alpha value is -2.02. The molecule has 0 aliphatic heterocycles. The third kappa shape index (κ3) is 4.10. The Bertz CT molecular complexity index is 593. The smallest absolute Gasteiger partial charge is 0.250 e. The van der Waals surface area contributed by atoms with Crippen molar-refractivity contribution in [3.05, 3.63) is 30.4 Å². The number of hydrogen-bond donors (Lipinski definition) is 3. The lowest BCUT2D eigenvalue weighted by atomic mass is 10.2. The molecule has 0 aliphatic rings. The highest BCUT2D eigenvalue weighted by Crippen LogP contribution is 2.27. The molecule has 1 aromatic carbocycles. The van der Waals surface area contributed by atoms with Gasteiger partial charge >= 0.3 is 0 Å². The number of aromatic hydroxyl groups is 1. The van der Waals surface area contributed by atoms with Gasteiger partial charge in [-0.3, -0.25) is 9.52 Å². The van der Waals surface area contributed by atoms with Crippen LogP contribution in [0.1, 0.15) is 6.92 Å². The van der Waals surface area contributed by atoms with Crippen molar-refractivity contribution in [1.29, 1.82) is 0 Å². The van der Waals surface area contributed by atoms with E-state index in [2.05, 4.69) is 16.6 Å². The zero-order chi connectivity index (χ0) is 13.9. The van der Waals surface area contributed by atoms with Crippen LogP contribution in [-0.2, 0) is 14.8 Å². The minimum atomic E-state index is -3.46. The van der Waals surface area contributed by atoms with Crippen molar-refractivity contribution < 1.29 is 18.3 Å². The number of amides is 1. The van der Waals surface area contributed by atoms with Gasteiger partial charge in [-0.2, -0.15) is 0 Å². The van der Waals surface area contributed by atoms with Crippen molar-refractivity contribution >= 4 is 27.3 Å². The van der Waals surface area contributed by atoms with Gasteiger partial charge in [0.15, 0.2) is 0 Å². The fourth-order valence-electron chi connectivity index (χ4n) is 1.13. The van der Waals surface area contributed by atoms with Crippen molar-refractivity contribution in [3.8, 4) is 5.75 Å². The summed E-state index contributed by atoms with van der Waals surface area (Å²) >= 11 is 0. The van der Waals surface area contributed by atoms with Gasteiger partial charge in [-0.15, -0.1) is 0 Å². The van der Waals surface area contributed by atoms with Crippen molar-refractivity contribution in [2.75, 3.05) is 16.3 Å². The molecule has 0 unspecified atom stereocenters. The summed E-state index contributed by atoms with van der Waals surface area (Å²) in [5.41, 5.74) is 0.721. The van der Waals surface area contributed by atoms with E-state index in [0.29, 0.717) is 11.3 Å². The highest BCUT2D eigenvalue weighted by Gasteiger charge is 2.09. The number of nitrogens with one attached hydrogen (secondary N) is 2. The van der Waals surface area contributed by atoms with Crippen LogP contribution in [0.5, 0.6) is 5.75 Å². The highest BCUT2D eigenvalue weighted by molar-refractivity contribution is 7.92. The molecule has 3 N–H and O–H groups in total. The number of carbonyl (C=O) groups excluding carboxylic acids is 1. The standard InChI is InChI=1S/C11H14N2O4S/c1-7(2)11(15)12-8-4-5-9(10(14)6-8)13-18(3,16)17/h4-6,13-14H,1H2,2-3H3,(H,12,15). The fourth-order valence-corrected chi connectivity index (χ4v) is 1.71. The molecule has 0 saturated carbocycles. The molecule has 7 heteroatoms. The Labute approximate surface area is 105 Å². The van der Waals surface area contributed by atoms with Gasteiger partial charge in [0.25, 0.3) is 5.91 Å². The molecular formula is C11H14N2O4S. The number of phenols is 1. The molecule has 6 nitrogen and oxygen atoms in total. The zero-order valence-corrected chi connectivity index (χ0v) is 10.8. The molecule has 1 amide bonds. The molecule has 1 aromatic rings. The molecule has 0 radical (unpaired) electrons. The fraction of sp³-hybridized carbons (Fsp3) is 0.182. The summed E-state index contributed by atoms with van der Waals surface area (Å²) in [6.45, 7) is 5.02. The number of sulfonamides is 1. The molecular weight excluding hydrogens is 256 g/mol. The minimum Gasteiger partial charge on any atom is -0.506 e. The summed E-state index contributed by atoms with van der Waals surface area (Å²) in [6, 6.07) is 4.06. The van der Waals surface area contributed by atoms with Gasteiger partial charge in [0, 0.05) is 17.3 Å². The highest BCUT2D eigenvalue weighted by atomic mass is 32.2. The zero-order valence-electron chi connectivity index (χ0n) is 10.0. The maximum Gasteiger partial charge on any atom is 0.250 e. The Balaban J connectivity index is 2.93. The number of benzene rings is 1. The van der Waals surface area contributed by atoms with E-state index in [1.54, 1.807) is 6.92 Å². The average molecular weight is 270 g/mol. The van der Waals surface area contributed by atoms with Gasteiger partial charge in [-0.25, -0.2) is 8.42 Å². The minimum absolute atomic E-state index is 0.0471. The van der Waals surface area contributed by atoms with E-state index < -0.39 is 10.0 Å². The molecule has 98 valence electrons. The molecule has 0 aromatic heterocycles. The molecule has 0 spiro atoms. The number of hydrogen-bond acceptors (Lipinski definition) is 4. The second-order valence-electron chi connectivity index (χ2n) is 3.84. The summed E-state index contributed by atoms with van der Waals surface area (Å²) in [4.78, 5) is 11.3. The van der Waals surface area contributed by atoms with Gasteiger partial charge in [-0.05, 0) is 19.1 Å². The van der Waals surface area contributed by atoms with Crippen molar-refractivity contribution in [2.24, 2.45) is 0 Å². The second kappa shape index (κ2) is 5.09. The molecule has 18 heavy (non-hydrogen) atoms. The van der Waals surface area contributed by atoms with Crippen molar-refractivity contribution in [1.82, 2.24) is 0 Å². The van der Waals surface area contributed by atoms with E-state index in [0.717, 1.165) is 6.26 Å². The van der Waals surface area contributed by atoms with Gasteiger partial charge in [0.1, 0.15) is 5.75 Å². The topological polar surface area (TPSA) is 95.5 Å². The van der Waals surface area contributed by atoms with Gasteiger partial charge in [0.2, 0.25) is 10.0 Å². The summed E-state index contributed by atoms with van der Waals surface area (Å²) in [6.07, 6.45) is 0.975. The molecule has 0 heterocycles. The summed E-state index contributed by atoms with van der Waals surface area (Å²) in [5.74, 6) is -0.654. The monoisotopic (exact) mass is 270 g/mol. The first-order chi connectivity index (χ1) is 8.19. The summed E-state index contributed by atoms with van der Waals surface area (Å²) < 4.78 is 24.1. The predicted octanol–water partition coefficient (Wildman–Crippen LogP) is 1.28. The lowest BCUT2D eigenvalue weighted by molar-refractivity contribution is -0.112. The second-order valence-corrected chi connectivity index (χ2v) is 5.59. The van der Waals surface area contributed by atoms with Gasteiger partial charge in [-0.1, -0.05) is 6.58 Å². The van der Waals surface area contributed by atoms with E-state index in [1.165, 1.54) is 18.2 Å². The first kappa shape index (κ1) is 14.0. The van der Waals surface area contributed by atoms with Crippen LogP contribution in [0.2, 0.25) is 0 Å². The Kier molecular flexibility index (Phi) is 3.97. The van der Waals surface area contributed by atoms with E-state index in [9.17, 15) is 18.3 Å². The van der Waals surface area contributed by atoms with E-state index in [-0.39, 0.29) is 17.3 Å². The normalized spacial score (nSPS) is 10.8. The van der Waals surface area contributed by atoms with Crippen LogP contribution < -0.4 is 10.0 Å². The number of anilines is 2. The Morgan fingerprint density at radius 2 is 2.00 bits per heavy atom. The van der Waals surface area contributed by atoms with Crippen LogP contribution in [-0.4, -0.2) is 25.7 Å². The van der Waals surface area contributed by atoms with Crippen LogP contribution in [0, 0.1) is 0 Å². The van der Waals surface area contributed by atoms with E-state index in [4.69, 9.17) is 0 Å². The third-order valence-electron chi connectivity index (χ3n) is 1.94. The lowest BCUT2D eigenvalue weighted by Crippen LogP contribution is -2.12. The molecule has 0 saturated heterocycles. The lowest BCUT2D eigenvalue weighted by Gasteiger charge is -2.09. The maximum absolute atomic E-state index is 11.3. The van der Waals surface area contributed by atoms with Crippen LogP contribution in [0.3, 0.4) is 0 Å². The number of phenolic OH excluding ortho intramolecular Hbond substituents is 1.